The van der Waals surface area contributed by atoms with E-state index in [0.717, 1.165) is 17.7 Å². The van der Waals surface area contributed by atoms with Gasteiger partial charge in [-0.2, -0.15) is 0 Å². The molecule has 0 aromatic heterocycles. The molecule has 0 unspecified atom stereocenters. The molecule has 0 bridgehead atoms. The largest absolute Gasteiger partial charge is 0.493 e. The molecule has 0 saturated heterocycles. The van der Waals surface area contributed by atoms with Crippen molar-refractivity contribution in [1.82, 2.24) is 0 Å². The normalized spacial score (nSPS) is 10.3. The molecule has 0 saturated carbocycles. The second-order valence-corrected chi connectivity index (χ2v) is 5.23. The highest BCUT2D eigenvalue weighted by Crippen LogP contribution is 2.20. The molecule has 0 atom stereocenters. The van der Waals surface area contributed by atoms with Crippen LogP contribution in [0.15, 0.2) is 42.5 Å². The van der Waals surface area contributed by atoms with Gasteiger partial charge in [-0.05, 0) is 49.2 Å². The number of nitrogens with two attached hydrogens (primary N) is 1. The molecule has 2 N–H and O–H groups in total. The van der Waals surface area contributed by atoms with Crippen molar-refractivity contribution < 1.29 is 14.3 Å². The van der Waals surface area contributed by atoms with Gasteiger partial charge in [-0.1, -0.05) is 18.2 Å². The predicted molar refractivity (Wildman–Crippen MR) is 86.5 cm³/mol. The topological polar surface area (TPSA) is 61.6 Å². The first-order valence-corrected chi connectivity index (χ1v) is 7.29. The minimum absolute atomic E-state index is 0.408. The Morgan fingerprint density at radius 2 is 1.73 bits per heavy atom. The Bertz CT molecular complexity index is 653. The monoisotopic (exact) mass is 299 g/mol. The second-order valence-electron chi connectivity index (χ2n) is 5.23. The molecule has 4 nitrogen and oxygen atoms in total. The van der Waals surface area contributed by atoms with E-state index in [1.54, 1.807) is 6.07 Å². The van der Waals surface area contributed by atoms with Crippen molar-refractivity contribution >= 4 is 5.91 Å². The number of benzene rings is 2. The standard InChI is InChI=1S/C18H21NO3/c1-13-5-3-6-15(11-13)21-9-4-10-22-17-12-14(2)7-8-16(17)18(19)20/h3,5-8,11-12H,4,9-10H2,1-2H3,(H2,19,20). The van der Waals surface area contributed by atoms with E-state index in [1.165, 1.54) is 5.56 Å². The molecule has 0 aliphatic carbocycles. The summed E-state index contributed by atoms with van der Waals surface area (Å²) in [6.07, 6.45) is 0.722. The van der Waals surface area contributed by atoms with Crippen LogP contribution in [0, 0.1) is 13.8 Å². The Morgan fingerprint density at radius 1 is 1.00 bits per heavy atom. The molecule has 22 heavy (non-hydrogen) atoms. The zero-order chi connectivity index (χ0) is 15.9. The fraction of sp³-hybridized carbons (Fsp3) is 0.278. The van der Waals surface area contributed by atoms with Crippen molar-refractivity contribution in [1.29, 1.82) is 0 Å². The molecule has 2 rings (SSSR count). The van der Waals surface area contributed by atoms with Crippen molar-refractivity contribution in [2.24, 2.45) is 5.73 Å². The van der Waals surface area contributed by atoms with Gasteiger partial charge in [0.05, 0.1) is 18.8 Å². The lowest BCUT2D eigenvalue weighted by atomic mass is 10.1. The lowest BCUT2D eigenvalue weighted by Gasteiger charge is -2.11. The van der Waals surface area contributed by atoms with Crippen LogP contribution in [0.2, 0.25) is 0 Å². The van der Waals surface area contributed by atoms with E-state index in [1.807, 2.05) is 50.2 Å². The molecular formula is C18H21NO3. The summed E-state index contributed by atoms with van der Waals surface area (Å²) in [5.74, 6) is 0.905. The minimum atomic E-state index is -0.481. The third kappa shape index (κ3) is 4.52. The third-order valence-electron chi connectivity index (χ3n) is 3.21. The first-order valence-electron chi connectivity index (χ1n) is 7.29. The average molecular weight is 299 g/mol. The van der Waals surface area contributed by atoms with Gasteiger partial charge in [0.2, 0.25) is 0 Å². The summed E-state index contributed by atoms with van der Waals surface area (Å²) in [7, 11) is 0. The van der Waals surface area contributed by atoms with Crippen LogP contribution in [0.3, 0.4) is 0 Å². The first-order chi connectivity index (χ1) is 10.6. The van der Waals surface area contributed by atoms with Crippen LogP contribution in [0.5, 0.6) is 11.5 Å². The maximum atomic E-state index is 11.4. The van der Waals surface area contributed by atoms with E-state index < -0.39 is 5.91 Å². The molecule has 0 aliphatic heterocycles. The zero-order valence-electron chi connectivity index (χ0n) is 13.0. The van der Waals surface area contributed by atoms with Gasteiger partial charge in [0.1, 0.15) is 11.5 Å². The molecule has 4 heteroatoms. The van der Waals surface area contributed by atoms with Gasteiger partial charge < -0.3 is 15.2 Å². The van der Waals surface area contributed by atoms with E-state index in [2.05, 4.69) is 0 Å². The molecule has 0 spiro atoms. The molecule has 2 aromatic carbocycles. The van der Waals surface area contributed by atoms with Crippen LogP contribution in [-0.2, 0) is 0 Å². The number of ether oxygens (including phenoxy) is 2. The highest BCUT2D eigenvalue weighted by Gasteiger charge is 2.09. The van der Waals surface area contributed by atoms with Crippen LogP contribution in [0.25, 0.3) is 0 Å². The van der Waals surface area contributed by atoms with E-state index in [9.17, 15) is 4.79 Å². The van der Waals surface area contributed by atoms with E-state index >= 15 is 0 Å². The Labute approximate surface area is 130 Å². The third-order valence-corrected chi connectivity index (χ3v) is 3.21. The van der Waals surface area contributed by atoms with Crippen LogP contribution >= 0.6 is 0 Å². The maximum Gasteiger partial charge on any atom is 0.252 e. The minimum Gasteiger partial charge on any atom is -0.493 e. The van der Waals surface area contributed by atoms with Crippen molar-refractivity contribution in [3.8, 4) is 11.5 Å². The van der Waals surface area contributed by atoms with Crippen LogP contribution in [0.1, 0.15) is 27.9 Å². The van der Waals surface area contributed by atoms with Gasteiger partial charge in [0.15, 0.2) is 0 Å². The van der Waals surface area contributed by atoms with Gasteiger partial charge in [0, 0.05) is 6.42 Å². The molecule has 0 heterocycles. The molecule has 0 aliphatic rings. The highest BCUT2D eigenvalue weighted by molar-refractivity contribution is 5.95. The summed E-state index contributed by atoms with van der Waals surface area (Å²) in [5.41, 5.74) is 7.94. The Hall–Kier alpha value is -2.49. The summed E-state index contributed by atoms with van der Waals surface area (Å²) in [5, 5.41) is 0. The number of carbonyl (C=O) groups is 1. The summed E-state index contributed by atoms with van der Waals surface area (Å²) < 4.78 is 11.3. The Balaban J connectivity index is 1.82. The van der Waals surface area contributed by atoms with Gasteiger partial charge in [-0.3, -0.25) is 4.79 Å². The molecule has 0 fully saturated rings. The molecule has 116 valence electrons. The summed E-state index contributed by atoms with van der Waals surface area (Å²) in [4.78, 5) is 11.4. The van der Waals surface area contributed by atoms with Crippen molar-refractivity contribution in [3.63, 3.8) is 0 Å². The lowest BCUT2D eigenvalue weighted by molar-refractivity contribution is 0.0996. The quantitative estimate of drug-likeness (QED) is 0.798. The van der Waals surface area contributed by atoms with Crippen molar-refractivity contribution in [2.75, 3.05) is 13.2 Å². The fourth-order valence-corrected chi connectivity index (χ4v) is 2.09. The average Bonchev–Trinajstić information content (AvgIpc) is 2.46. The summed E-state index contributed by atoms with van der Waals surface area (Å²) in [6.45, 7) is 4.99. The summed E-state index contributed by atoms with van der Waals surface area (Å²) in [6, 6.07) is 13.3. The smallest absolute Gasteiger partial charge is 0.252 e. The van der Waals surface area contributed by atoms with Gasteiger partial charge in [-0.25, -0.2) is 0 Å². The number of primary amides is 1. The Kier molecular flexibility index (Phi) is 5.42. The van der Waals surface area contributed by atoms with Crippen LogP contribution in [-0.4, -0.2) is 19.1 Å². The van der Waals surface area contributed by atoms with Gasteiger partial charge >= 0.3 is 0 Å². The van der Waals surface area contributed by atoms with E-state index in [4.69, 9.17) is 15.2 Å². The van der Waals surface area contributed by atoms with Crippen molar-refractivity contribution in [2.45, 2.75) is 20.3 Å². The summed E-state index contributed by atoms with van der Waals surface area (Å²) >= 11 is 0. The Morgan fingerprint density at radius 3 is 2.45 bits per heavy atom. The number of aryl methyl sites for hydroxylation is 2. The van der Waals surface area contributed by atoms with E-state index in [-0.39, 0.29) is 0 Å². The predicted octanol–water partition coefficient (Wildman–Crippen LogP) is 3.25. The fourth-order valence-electron chi connectivity index (χ4n) is 2.09. The maximum absolute atomic E-state index is 11.4. The molecule has 2 aromatic rings. The van der Waals surface area contributed by atoms with Crippen LogP contribution < -0.4 is 15.2 Å². The number of carbonyl (C=O) groups excluding carboxylic acids is 1. The van der Waals surface area contributed by atoms with Crippen LogP contribution in [0.4, 0.5) is 0 Å². The zero-order valence-corrected chi connectivity index (χ0v) is 13.0. The van der Waals surface area contributed by atoms with E-state index in [0.29, 0.717) is 24.5 Å². The number of rotatable bonds is 7. The number of hydrogen-bond donors (Lipinski definition) is 1. The van der Waals surface area contributed by atoms with Gasteiger partial charge in [-0.15, -0.1) is 0 Å². The van der Waals surface area contributed by atoms with Crippen molar-refractivity contribution in [3.05, 3.63) is 59.2 Å². The SMILES string of the molecule is Cc1cccc(OCCCOc2cc(C)ccc2C(N)=O)c1. The van der Waals surface area contributed by atoms with Gasteiger partial charge in [0.25, 0.3) is 5.91 Å². The second kappa shape index (κ2) is 7.50. The number of hydrogen-bond acceptors (Lipinski definition) is 3. The highest BCUT2D eigenvalue weighted by atomic mass is 16.5. The molecular weight excluding hydrogens is 278 g/mol. The number of amides is 1. The molecule has 1 amide bonds. The first kappa shape index (κ1) is 15.9. The molecule has 0 radical (unpaired) electrons. The lowest BCUT2D eigenvalue weighted by Crippen LogP contribution is -2.14.